The second-order valence-electron chi connectivity index (χ2n) is 5.99. The number of thioether (sulfide) groups is 1. The Morgan fingerprint density at radius 1 is 1.26 bits per heavy atom. The molecular formula is C15H19N3O3S2. The normalized spacial score (nSPS) is 27.3. The topological polar surface area (TPSA) is 70.0 Å². The molecule has 0 N–H and O–H groups in total. The third-order valence-electron chi connectivity index (χ3n) is 3.96. The molecule has 2 saturated heterocycles. The van der Waals surface area contributed by atoms with Gasteiger partial charge in [0, 0.05) is 37.6 Å². The summed E-state index contributed by atoms with van der Waals surface area (Å²) in [7, 11) is 0.892. The van der Waals surface area contributed by atoms with Crippen LogP contribution >= 0.6 is 11.8 Å². The Morgan fingerprint density at radius 3 is 2.48 bits per heavy atom. The lowest BCUT2D eigenvalue weighted by Crippen LogP contribution is -2.37. The van der Waals surface area contributed by atoms with E-state index in [9.17, 15) is 13.2 Å². The largest absolute Gasteiger partial charge is 0.378 e. The number of hydrogen-bond donors (Lipinski definition) is 0. The van der Waals surface area contributed by atoms with Gasteiger partial charge >= 0.3 is 0 Å². The molecule has 2 aliphatic rings. The van der Waals surface area contributed by atoms with E-state index in [4.69, 9.17) is 0 Å². The first-order valence-electron chi connectivity index (χ1n) is 7.30. The number of carbonyl (C=O) groups is 1. The molecule has 1 aromatic rings. The summed E-state index contributed by atoms with van der Waals surface area (Å²) in [5.41, 5.74) is 1.92. The van der Waals surface area contributed by atoms with Crippen LogP contribution in [0.4, 0.5) is 11.4 Å². The van der Waals surface area contributed by atoms with E-state index in [1.54, 1.807) is 0 Å². The molecule has 2 heterocycles. The van der Waals surface area contributed by atoms with Gasteiger partial charge in [-0.2, -0.15) is 4.99 Å². The summed E-state index contributed by atoms with van der Waals surface area (Å²) in [4.78, 5) is 19.4. The van der Waals surface area contributed by atoms with Crippen LogP contribution in [0.3, 0.4) is 0 Å². The molecule has 3 rings (SSSR count). The highest BCUT2D eigenvalue weighted by Gasteiger charge is 2.49. The van der Waals surface area contributed by atoms with E-state index < -0.39 is 9.84 Å². The number of fused-ring (bicyclic) bond motifs is 1. The van der Waals surface area contributed by atoms with Crippen molar-refractivity contribution in [3.8, 4) is 0 Å². The molecule has 0 aromatic heterocycles. The van der Waals surface area contributed by atoms with Crippen LogP contribution in [0.25, 0.3) is 0 Å². The van der Waals surface area contributed by atoms with Crippen molar-refractivity contribution in [2.24, 2.45) is 4.99 Å². The zero-order chi connectivity index (χ0) is 16.8. The monoisotopic (exact) mass is 353 g/mol. The van der Waals surface area contributed by atoms with Crippen molar-refractivity contribution < 1.29 is 13.2 Å². The first-order valence-corrected chi connectivity index (χ1v) is 10.00. The molecule has 2 atom stereocenters. The van der Waals surface area contributed by atoms with Crippen molar-refractivity contribution in [2.45, 2.75) is 18.2 Å². The number of carbonyl (C=O) groups excluding carboxylic acids is 1. The molecule has 2 aliphatic heterocycles. The van der Waals surface area contributed by atoms with E-state index >= 15 is 0 Å². The SMILES string of the molecule is CC(=O)N=C1S[C@H]2CS(=O)(=O)C[C@@H]2N1c1ccc(N(C)C)cc1. The molecule has 8 heteroatoms. The summed E-state index contributed by atoms with van der Waals surface area (Å²) in [6, 6.07) is 7.68. The van der Waals surface area contributed by atoms with Gasteiger partial charge in [0.25, 0.3) is 0 Å². The van der Waals surface area contributed by atoms with Crippen LogP contribution in [0.5, 0.6) is 0 Å². The summed E-state index contributed by atoms with van der Waals surface area (Å²) >= 11 is 1.39. The molecule has 0 bridgehead atoms. The third-order valence-corrected chi connectivity index (χ3v) is 7.17. The molecular weight excluding hydrogens is 334 g/mol. The van der Waals surface area contributed by atoms with Crippen molar-refractivity contribution in [2.75, 3.05) is 35.4 Å². The van der Waals surface area contributed by atoms with Gasteiger partial charge in [-0.05, 0) is 24.3 Å². The van der Waals surface area contributed by atoms with Crippen LogP contribution in [0, 0.1) is 0 Å². The first kappa shape index (κ1) is 16.3. The Morgan fingerprint density at radius 2 is 1.91 bits per heavy atom. The molecule has 0 unspecified atom stereocenters. The third kappa shape index (κ3) is 3.23. The van der Waals surface area contributed by atoms with E-state index in [1.165, 1.54) is 18.7 Å². The number of anilines is 2. The van der Waals surface area contributed by atoms with Crippen molar-refractivity contribution in [3.63, 3.8) is 0 Å². The van der Waals surface area contributed by atoms with Gasteiger partial charge in [0.05, 0.1) is 17.5 Å². The molecule has 0 radical (unpaired) electrons. The average Bonchev–Trinajstić information content (AvgIpc) is 2.89. The lowest BCUT2D eigenvalue weighted by atomic mass is 10.2. The summed E-state index contributed by atoms with van der Waals surface area (Å²) in [6.45, 7) is 1.41. The lowest BCUT2D eigenvalue weighted by Gasteiger charge is -2.25. The fourth-order valence-electron chi connectivity index (χ4n) is 2.91. The zero-order valence-corrected chi connectivity index (χ0v) is 14.9. The number of nitrogens with zero attached hydrogens (tertiary/aromatic N) is 3. The fourth-order valence-corrected chi connectivity index (χ4v) is 6.87. The molecule has 0 saturated carbocycles. The number of sulfone groups is 1. The number of hydrogen-bond acceptors (Lipinski definition) is 5. The van der Waals surface area contributed by atoms with Gasteiger partial charge < -0.3 is 9.80 Å². The van der Waals surface area contributed by atoms with E-state index in [1.807, 2.05) is 48.2 Å². The molecule has 1 amide bonds. The van der Waals surface area contributed by atoms with E-state index in [0.717, 1.165) is 11.4 Å². The van der Waals surface area contributed by atoms with E-state index in [-0.39, 0.29) is 28.7 Å². The highest BCUT2D eigenvalue weighted by molar-refractivity contribution is 8.16. The number of amidine groups is 1. The molecule has 0 spiro atoms. The maximum absolute atomic E-state index is 11.9. The smallest absolute Gasteiger partial charge is 0.244 e. The Bertz CT molecular complexity index is 757. The van der Waals surface area contributed by atoms with Crippen LogP contribution < -0.4 is 9.80 Å². The van der Waals surface area contributed by atoms with E-state index in [0.29, 0.717) is 5.17 Å². The minimum absolute atomic E-state index is 0.0633. The Labute approximate surface area is 140 Å². The number of amides is 1. The summed E-state index contributed by atoms with van der Waals surface area (Å²) in [6.07, 6.45) is 0. The van der Waals surface area contributed by atoms with Crippen molar-refractivity contribution in [1.29, 1.82) is 0 Å². The number of aliphatic imine (C=N–C) groups is 1. The zero-order valence-electron chi connectivity index (χ0n) is 13.3. The van der Waals surface area contributed by atoms with Crippen LogP contribution in [0.1, 0.15) is 6.92 Å². The summed E-state index contributed by atoms with van der Waals surface area (Å²) in [5.74, 6) is -0.0204. The lowest BCUT2D eigenvalue weighted by molar-refractivity contribution is -0.115. The van der Waals surface area contributed by atoms with Gasteiger partial charge in [0.15, 0.2) is 15.0 Å². The molecule has 6 nitrogen and oxygen atoms in total. The fraction of sp³-hybridized carbons (Fsp3) is 0.467. The average molecular weight is 353 g/mol. The van der Waals surface area contributed by atoms with Gasteiger partial charge in [0.2, 0.25) is 5.91 Å². The molecule has 23 heavy (non-hydrogen) atoms. The Balaban J connectivity index is 1.99. The quantitative estimate of drug-likeness (QED) is 0.800. The van der Waals surface area contributed by atoms with Gasteiger partial charge in [0.1, 0.15) is 0 Å². The summed E-state index contributed by atoms with van der Waals surface area (Å²) < 4.78 is 23.9. The molecule has 1 aromatic carbocycles. The molecule has 124 valence electrons. The Kier molecular flexibility index (Phi) is 4.14. The van der Waals surface area contributed by atoms with Crippen molar-refractivity contribution >= 4 is 44.0 Å². The second-order valence-corrected chi connectivity index (χ2v) is 9.35. The predicted octanol–water partition coefficient (Wildman–Crippen LogP) is 1.37. The van der Waals surface area contributed by atoms with Gasteiger partial charge in [-0.15, -0.1) is 0 Å². The van der Waals surface area contributed by atoms with Crippen LogP contribution in [-0.2, 0) is 14.6 Å². The first-order chi connectivity index (χ1) is 10.8. The highest BCUT2D eigenvalue weighted by Crippen LogP contribution is 2.41. The van der Waals surface area contributed by atoms with Gasteiger partial charge in [-0.3, -0.25) is 4.79 Å². The minimum Gasteiger partial charge on any atom is -0.378 e. The van der Waals surface area contributed by atoms with Gasteiger partial charge in [-0.1, -0.05) is 11.8 Å². The van der Waals surface area contributed by atoms with Crippen LogP contribution in [-0.4, -0.2) is 56.4 Å². The molecule has 0 aliphatic carbocycles. The summed E-state index contributed by atoms with van der Waals surface area (Å²) in [5, 5.41) is 0.534. The molecule has 2 fully saturated rings. The standard InChI is InChI=1S/C15H19N3O3S2/c1-10(19)16-15-18(12-6-4-11(5-7-12)17(2)3)13-8-23(20,21)9-14(13)22-15/h4-7,13-14H,8-9H2,1-3H3/t13-,14-/m0/s1. The van der Waals surface area contributed by atoms with Crippen LogP contribution in [0.15, 0.2) is 29.3 Å². The predicted molar refractivity (Wildman–Crippen MR) is 95.2 cm³/mol. The van der Waals surface area contributed by atoms with Crippen molar-refractivity contribution in [3.05, 3.63) is 24.3 Å². The van der Waals surface area contributed by atoms with Crippen molar-refractivity contribution in [1.82, 2.24) is 0 Å². The minimum atomic E-state index is -3.03. The van der Waals surface area contributed by atoms with E-state index in [2.05, 4.69) is 4.99 Å². The van der Waals surface area contributed by atoms with Crippen LogP contribution in [0.2, 0.25) is 0 Å². The highest BCUT2D eigenvalue weighted by atomic mass is 32.2. The second kappa shape index (κ2) is 5.83. The maximum atomic E-state index is 11.9. The van der Waals surface area contributed by atoms with Gasteiger partial charge in [-0.25, -0.2) is 8.42 Å². The number of benzene rings is 1. The maximum Gasteiger partial charge on any atom is 0.244 e. The number of rotatable bonds is 2. The Hall–Kier alpha value is -1.54.